The van der Waals surface area contributed by atoms with E-state index in [2.05, 4.69) is 25.2 Å². The lowest BCUT2D eigenvalue weighted by molar-refractivity contribution is 0.404. The topological polar surface area (TPSA) is 37.8 Å². The summed E-state index contributed by atoms with van der Waals surface area (Å²) in [5.74, 6) is 4.96. The first-order valence-corrected chi connectivity index (χ1v) is 7.24. The molecule has 2 aliphatic rings. The Morgan fingerprint density at radius 2 is 2.06 bits per heavy atom. The van der Waals surface area contributed by atoms with Crippen molar-refractivity contribution in [1.82, 2.24) is 9.97 Å². The van der Waals surface area contributed by atoms with Gasteiger partial charge < -0.3 is 5.32 Å². The van der Waals surface area contributed by atoms with Crippen molar-refractivity contribution in [3.63, 3.8) is 0 Å². The maximum absolute atomic E-state index is 4.83. The summed E-state index contributed by atoms with van der Waals surface area (Å²) in [5.41, 5.74) is 1.17. The molecule has 3 nitrogen and oxygen atoms in total. The zero-order valence-electron chi connectivity index (χ0n) is 11.6. The Morgan fingerprint density at radius 3 is 2.61 bits per heavy atom. The number of aromatic nitrogens is 2. The van der Waals surface area contributed by atoms with Gasteiger partial charge in [-0.25, -0.2) is 9.97 Å². The van der Waals surface area contributed by atoms with Crippen molar-refractivity contribution < 1.29 is 0 Å². The van der Waals surface area contributed by atoms with Gasteiger partial charge in [0.15, 0.2) is 0 Å². The van der Waals surface area contributed by atoms with Crippen LogP contribution in [0.1, 0.15) is 62.9 Å². The molecule has 0 amide bonds. The van der Waals surface area contributed by atoms with E-state index >= 15 is 0 Å². The molecule has 2 aliphatic carbocycles. The molecule has 0 aromatic carbocycles. The Bertz CT molecular complexity index is 441. The van der Waals surface area contributed by atoms with Crippen LogP contribution in [0.2, 0.25) is 0 Å². The monoisotopic (exact) mass is 245 g/mol. The van der Waals surface area contributed by atoms with Crippen LogP contribution in [0.3, 0.4) is 0 Å². The molecule has 3 heteroatoms. The molecule has 1 aromatic heterocycles. The molecule has 0 spiro atoms. The number of nitrogens with zero attached hydrogens (tertiary/aromatic N) is 2. The molecule has 3 unspecified atom stereocenters. The van der Waals surface area contributed by atoms with Gasteiger partial charge >= 0.3 is 0 Å². The summed E-state index contributed by atoms with van der Waals surface area (Å²) < 4.78 is 0. The van der Waals surface area contributed by atoms with Crippen molar-refractivity contribution in [2.45, 2.75) is 51.4 Å². The molecular formula is C15H23N3. The first kappa shape index (κ1) is 11.9. The highest BCUT2D eigenvalue weighted by atomic mass is 15.0. The molecule has 2 fully saturated rings. The highest BCUT2D eigenvalue weighted by Crippen LogP contribution is 2.52. The van der Waals surface area contributed by atoms with E-state index in [0.717, 1.165) is 23.5 Å². The summed E-state index contributed by atoms with van der Waals surface area (Å²) >= 11 is 0. The second-order valence-corrected chi connectivity index (χ2v) is 6.22. The molecule has 0 radical (unpaired) electrons. The summed E-state index contributed by atoms with van der Waals surface area (Å²) in [5, 5.41) is 3.18. The van der Waals surface area contributed by atoms with Crippen molar-refractivity contribution >= 4 is 5.82 Å². The van der Waals surface area contributed by atoms with Gasteiger partial charge in [-0.3, -0.25) is 0 Å². The van der Waals surface area contributed by atoms with Crippen LogP contribution in [0.15, 0.2) is 6.07 Å². The Hall–Kier alpha value is -1.12. The SMILES string of the molecule is CNc1cc(C(C)C)nc(C2CC3CCC2C3)n1. The fourth-order valence-corrected chi connectivity index (χ4v) is 3.64. The first-order chi connectivity index (χ1) is 8.67. The Morgan fingerprint density at radius 1 is 1.22 bits per heavy atom. The summed E-state index contributed by atoms with van der Waals surface area (Å²) in [6.45, 7) is 4.40. The minimum atomic E-state index is 0.470. The Labute approximate surface area is 109 Å². The summed E-state index contributed by atoms with van der Waals surface area (Å²) in [6, 6.07) is 2.08. The smallest absolute Gasteiger partial charge is 0.134 e. The maximum Gasteiger partial charge on any atom is 0.134 e. The third kappa shape index (κ3) is 2.00. The largest absolute Gasteiger partial charge is 0.373 e. The van der Waals surface area contributed by atoms with Gasteiger partial charge in [-0.2, -0.15) is 0 Å². The van der Waals surface area contributed by atoms with E-state index in [1.54, 1.807) is 0 Å². The molecule has 1 heterocycles. The minimum Gasteiger partial charge on any atom is -0.373 e. The second kappa shape index (κ2) is 4.52. The minimum absolute atomic E-state index is 0.470. The molecule has 0 saturated heterocycles. The van der Waals surface area contributed by atoms with Crippen LogP contribution in [-0.4, -0.2) is 17.0 Å². The second-order valence-electron chi connectivity index (χ2n) is 6.22. The predicted molar refractivity (Wildman–Crippen MR) is 73.9 cm³/mol. The molecule has 2 saturated carbocycles. The third-order valence-electron chi connectivity index (χ3n) is 4.68. The number of anilines is 1. The van der Waals surface area contributed by atoms with Crippen LogP contribution in [0.5, 0.6) is 0 Å². The lowest BCUT2D eigenvalue weighted by Crippen LogP contribution is -2.14. The van der Waals surface area contributed by atoms with E-state index in [-0.39, 0.29) is 0 Å². The number of rotatable bonds is 3. The van der Waals surface area contributed by atoms with E-state index < -0.39 is 0 Å². The van der Waals surface area contributed by atoms with E-state index in [0.29, 0.717) is 11.8 Å². The van der Waals surface area contributed by atoms with E-state index in [9.17, 15) is 0 Å². The van der Waals surface area contributed by atoms with Crippen molar-refractivity contribution in [2.75, 3.05) is 12.4 Å². The van der Waals surface area contributed by atoms with Gasteiger partial charge in [0.2, 0.25) is 0 Å². The molecular weight excluding hydrogens is 222 g/mol. The van der Waals surface area contributed by atoms with Gasteiger partial charge in [0, 0.05) is 24.7 Å². The van der Waals surface area contributed by atoms with Gasteiger partial charge in [-0.1, -0.05) is 20.3 Å². The van der Waals surface area contributed by atoms with Crippen LogP contribution >= 0.6 is 0 Å². The molecule has 0 aliphatic heterocycles. The quantitative estimate of drug-likeness (QED) is 0.885. The number of fused-ring (bicyclic) bond motifs is 2. The van der Waals surface area contributed by atoms with E-state index in [1.807, 2.05) is 7.05 Å². The summed E-state index contributed by atoms with van der Waals surface area (Å²) in [4.78, 5) is 9.54. The molecule has 98 valence electrons. The zero-order chi connectivity index (χ0) is 12.7. The normalized spacial score (nSPS) is 30.1. The number of hydrogen-bond acceptors (Lipinski definition) is 3. The van der Waals surface area contributed by atoms with Crippen molar-refractivity contribution in [2.24, 2.45) is 11.8 Å². The highest BCUT2D eigenvalue weighted by Gasteiger charge is 2.41. The first-order valence-electron chi connectivity index (χ1n) is 7.24. The fourth-order valence-electron chi connectivity index (χ4n) is 3.64. The zero-order valence-corrected chi connectivity index (χ0v) is 11.6. The maximum atomic E-state index is 4.83. The van der Waals surface area contributed by atoms with E-state index in [1.165, 1.54) is 31.4 Å². The van der Waals surface area contributed by atoms with Crippen LogP contribution in [0.25, 0.3) is 0 Å². The van der Waals surface area contributed by atoms with Gasteiger partial charge in [0.1, 0.15) is 11.6 Å². The van der Waals surface area contributed by atoms with Crippen molar-refractivity contribution in [3.8, 4) is 0 Å². The average molecular weight is 245 g/mol. The Kier molecular flexibility index (Phi) is 3.00. The third-order valence-corrected chi connectivity index (χ3v) is 4.68. The number of hydrogen-bond donors (Lipinski definition) is 1. The van der Waals surface area contributed by atoms with Crippen molar-refractivity contribution in [1.29, 1.82) is 0 Å². The molecule has 1 N–H and O–H groups in total. The molecule has 3 rings (SSSR count). The van der Waals surface area contributed by atoms with E-state index in [4.69, 9.17) is 9.97 Å². The average Bonchev–Trinajstić information content (AvgIpc) is 3.00. The Balaban J connectivity index is 1.93. The highest BCUT2D eigenvalue weighted by molar-refractivity contribution is 5.37. The standard InChI is InChI=1S/C15H23N3/c1-9(2)13-8-14(16-3)18-15(17-13)12-7-10-4-5-11(12)6-10/h8-12H,4-7H2,1-3H3,(H,16,17,18). The van der Waals surface area contributed by atoms with Crippen LogP contribution < -0.4 is 5.32 Å². The van der Waals surface area contributed by atoms with Crippen LogP contribution in [-0.2, 0) is 0 Å². The predicted octanol–water partition coefficient (Wildman–Crippen LogP) is 3.55. The van der Waals surface area contributed by atoms with Gasteiger partial charge in [-0.15, -0.1) is 0 Å². The molecule has 1 aromatic rings. The van der Waals surface area contributed by atoms with Gasteiger partial charge in [0.05, 0.1) is 0 Å². The number of nitrogens with one attached hydrogen (secondary N) is 1. The fraction of sp³-hybridized carbons (Fsp3) is 0.733. The molecule has 18 heavy (non-hydrogen) atoms. The van der Waals surface area contributed by atoms with Crippen molar-refractivity contribution in [3.05, 3.63) is 17.6 Å². The molecule has 2 bridgehead atoms. The lowest BCUT2D eigenvalue weighted by Gasteiger charge is -2.21. The summed E-state index contributed by atoms with van der Waals surface area (Å²) in [6.07, 6.45) is 5.55. The molecule has 3 atom stereocenters. The summed E-state index contributed by atoms with van der Waals surface area (Å²) in [7, 11) is 1.94. The lowest BCUT2D eigenvalue weighted by atomic mass is 9.88. The van der Waals surface area contributed by atoms with Crippen LogP contribution in [0, 0.1) is 11.8 Å². The van der Waals surface area contributed by atoms with Crippen LogP contribution in [0.4, 0.5) is 5.82 Å². The van der Waals surface area contributed by atoms with Gasteiger partial charge in [0.25, 0.3) is 0 Å². The van der Waals surface area contributed by atoms with Gasteiger partial charge in [-0.05, 0) is 37.0 Å².